The highest BCUT2D eigenvalue weighted by molar-refractivity contribution is 5.87. The van der Waals surface area contributed by atoms with E-state index in [2.05, 4.69) is 36.2 Å². The summed E-state index contributed by atoms with van der Waals surface area (Å²) in [7, 11) is 0. The Hall–Kier alpha value is -4.13. The Balaban J connectivity index is 1.58. The summed E-state index contributed by atoms with van der Waals surface area (Å²) < 4.78 is 7.71. The third kappa shape index (κ3) is 5.43. The van der Waals surface area contributed by atoms with Gasteiger partial charge >= 0.3 is 5.97 Å². The van der Waals surface area contributed by atoms with Gasteiger partial charge in [0.25, 0.3) is 0 Å². The van der Waals surface area contributed by atoms with Crippen LogP contribution in [0.2, 0.25) is 0 Å². The van der Waals surface area contributed by atoms with Crippen LogP contribution in [0.5, 0.6) is 11.6 Å². The predicted molar refractivity (Wildman–Crippen MR) is 132 cm³/mol. The van der Waals surface area contributed by atoms with Crippen molar-refractivity contribution in [2.45, 2.75) is 39.2 Å². The smallest absolute Gasteiger partial charge is 0.354 e. The molecule has 2 aromatic heterocycles. The van der Waals surface area contributed by atoms with Gasteiger partial charge in [0.1, 0.15) is 17.1 Å². The molecule has 34 heavy (non-hydrogen) atoms. The van der Waals surface area contributed by atoms with E-state index < -0.39 is 5.97 Å². The fourth-order valence-electron chi connectivity index (χ4n) is 3.68. The van der Waals surface area contributed by atoms with E-state index in [9.17, 15) is 9.90 Å². The molecule has 4 aromatic rings. The quantitative estimate of drug-likeness (QED) is 0.335. The molecule has 4 rings (SSSR count). The largest absolute Gasteiger partial charge is 0.477 e. The summed E-state index contributed by atoms with van der Waals surface area (Å²) in [6.07, 6.45) is 2.33. The van der Waals surface area contributed by atoms with Crippen LogP contribution in [0.3, 0.4) is 0 Å². The number of nitrogens with one attached hydrogen (secondary N) is 1. The summed E-state index contributed by atoms with van der Waals surface area (Å²) in [6, 6.07) is 22.9. The average Bonchev–Trinajstić information content (AvgIpc) is 3.22. The molecule has 0 radical (unpaired) electrons. The number of ether oxygens (including phenoxy) is 1. The number of hydrogen-bond acceptors (Lipinski definition) is 5. The molecule has 2 N–H and O–H groups in total. The lowest BCUT2D eigenvalue weighted by Crippen LogP contribution is -2.12. The number of aromatic nitrogens is 3. The fourth-order valence-corrected chi connectivity index (χ4v) is 3.68. The molecule has 2 aromatic carbocycles. The van der Waals surface area contributed by atoms with E-state index in [4.69, 9.17) is 4.74 Å². The van der Waals surface area contributed by atoms with Crippen LogP contribution in [0, 0.1) is 0 Å². The third-order valence-electron chi connectivity index (χ3n) is 5.39. The van der Waals surface area contributed by atoms with Crippen LogP contribution in [0.4, 0.5) is 11.5 Å². The van der Waals surface area contributed by atoms with Crippen molar-refractivity contribution in [2.24, 2.45) is 0 Å². The van der Waals surface area contributed by atoms with Crippen molar-refractivity contribution in [3.05, 3.63) is 95.8 Å². The number of anilines is 2. The topological polar surface area (TPSA) is 89.3 Å². The standard InChI is InChI=1S/C27H28N4O3/c1-27(2,3)20-12-7-8-14-23(20)34-25-21(13-9-16-28-25)29-24-18-22(26(32)33)31(30-24)17-15-19-10-5-4-6-11-19/h4-14,16,18H,15,17H2,1-3H3,(H,29,30)(H,32,33). The molecule has 7 heteroatoms. The van der Waals surface area contributed by atoms with Gasteiger partial charge in [0, 0.05) is 24.4 Å². The minimum absolute atomic E-state index is 0.104. The molecule has 0 aliphatic carbocycles. The SMILES string of the molecule is CC(C)(C)c1ccccc1Oc1ncccc1Nc1cc(C(=O)O)n(CCc2ccccc2)n1. The molecule has 0 saturated carbocycles. The number of benzene rings is 2. The van der Waals surface area contributed by atoms with Crippen molar-refractivity contribution < 1.29 is 14.6 Å². The lowest BCUT2D eigenvalue weighted by molar-refractivity contribution is 0.0683. The summed E-state index contributed by atoms with van der Waals surface area (Å²) in [6.45, 7) is 6.83. The van der Waals surface area contributed by atoms with E-state index in [1.807, 2.05) is 60.7 Å². The molecule has 0 spiro atoms. The van der Waals surface area contributed by atoms with Crippen LogP contribution in [0.1, 0.15) is 42.4 Å². The number of para-hydroxylation sites is 1. The number of carboxylic acids is 1. The first-order valence-corrected chi connectivity index (χ1v) is 11.2. The summed E-state index contributed by atoms with van der Waals surface area (Å²) in [5.41, 5.74) is 2.78. The second-order valence-corrected chi connectivity index (χ2v) is 9.01. The number of pyridine rings is 1. The van der Waals surface area contributed by atoms with Crippen LogP contribution in [0.15, 0.2) is 79.0 Å². The number of carboxylic acid groups (broad SMARTS) is 1. The number of aryl methyl sites for hydroxylation is 2. The molecule has 0 atom stereocenters. The highest BCUT2D eigenvalue weighted by Gasteiger charge is 2.20. The summed E-state index contributed by atoms with van der Waals surface area (Å²) in [5.74, 6) is 0.481. The van der Waals surface area contributed by atoms with E-state index in [0.29, 0.717) is 30.4 Å². The predicted octanol–water partition coefficient (Wildman–Crippen LogP) is 6.05. The molecule has 2 heterocycles. The van der Waals surface area contributed by atoms with E-state index >= 15 is 0 Å². The molecule has 7 nitrogen and oxygen atoms in total. The van der Waals surface area contributed by atoms with E-state index in [1.54, 1.807) is 12.3 Å². The Morgan fingerprint density at radius 2 is 1.76 bits per heavy atom. The maximum absolute atomic E-state index is 11.8. The van der Waals surface area contributed by atoms with Gasteiger partial charge in [-0.2, -0.15) is 5.10 Å². The zero-order chi connectivity index (χ0) is 24.1. The van der Waals surface area contributed by atoms with E-state index in [0.717, 1.165) is 16.9 Å². The highest BCUT2D eigenvalue weighted by Crippen LogP contribution is 2.36. The Kier molecular flexibility index (Phi) is 6.63. The van der Waals surface area contributed by atoms with Gasteiger partial charge < -0.3 is 15.2 Å². The molecule has 0 aliphatic heterocycles. The van der Waals surface area contributed by atoms with Crippen LogP contribution in [-0.2, 0) is 18.4 Å². The maximum Gasteiger partial charge on any atom is 0.354 e. The van der Waals surface area contributed by atoms with Crippen molar-refractivity contribution in [1.82, 2.24) is 14.8 Å². The summed E-state index contributed by atoms with van der Waals surface area (Å²) >= 11 is 0. The zero-order valence-electron chi connectivity index (χ0n) is 19.5. The molecule has 0 aliphatic rings. The van der Waals surface area contributed by atoms with Crippen molar-refractivity contribution in [3.8, 4) is 11.6 Å². The van der Waals surface area contributed by atoms with E-state index in [1.165, 1.54) is 10.7 Å². The fraction of sp³-hybridized carbons (Fsp3) is 0.222. The van der Waals surface area contributed by atoms with Crippen molar-refractivity contribution in [2.75, 3.05) is 5.32 Å². The first kappa shape index (κ1) is 23.0. The number of rotatable bonds is 8. The molecular formula is C27H28N4O3. The van der Waals surface area contributed by atoms with E-state index in [-0.39, 0.29) is 11.1 Å². The molecule has 0 unspecified atom stereocenters. The summed E-state index contributed by atoms with van der Waals surface area (Å²) in [5, 5.41) is 17.3. The van der Waals surface area contributed by atoms with Crippen molar-refractivity contribution in [3.63, 3.8) is 0 Å². The number of aromatic carboxylic acids is 1. The Morgan fingerprint density at radius 3 is 2.50 bits per heavy atom. The maximum atomic E-state index is 11.8. The van der Waals surface area contributed by atoms with Crippen molar-refractivity contribution >= 4 is 17.5 Å². The first-order valence-electron chi connectivity index (χ1n) is 11.2. The minimum Gasteiger partial charge on any atom is -0.477 e. The second kappa shape index (κ2) is 9.79. The monoisotopic (exact) mass is 456 g/mol. The molecule has 174 valence electrons. The molecule has 0 fully saturated rings. The Labute approximate surface area is 199 Å². The second-order valence-electron chi connectivity index (χ2n) is 9.01. The molecule has 0 bridgehead atoms. The normalized spacial score (nSPS) is 11.3. The Morgan fingerprint density at radius 1 is 1.03 bits per heavy atom. The van der Waals surface area contributed by atoms with Gasteiger partial charge in [0.15, 0.2) is 5.82 Å². The van der Waals surface area contributed by atoms with Gasteiger partial charge in [-0.3, -0.25) is 4.68 Å². The number of hydrogen-bond donors (Lipinski definition) is 2. The third-order valence-corrected chi connectivity index (χ3v) is 5.39. The number of nitrogens with zero attached hydrogens (tertiary/aromatic N) is 3. The van der Waals surface area contributed by atoms with Gasteiger partial charge in [0.05, 0.1) is 0 Å². The van der Waals surface area contributed by atoms with Gasteiger partial charge in [-0.15, -0.1) is 0 Å². The van der Waals surface area contributed by atoms with Gasteiger partial charge in [0.2, 0.25) is 5.88 Å². The average molecular weight is 457 g/mol. The molecule has 0 amide bonds. The first-order chi connectivity index (χ1) is 16.3. The van der Waals surface area contributed by atoms with Crippen molar-refractivity contribution in [1.29, 1.82) is 0 Å². The van der Waals surface area contributed by atoms with Gasteiger partial charge in [-0.05, 0) is 35.6 Å². The van der Waals surface area contributed by atoms with Crippen LogP contribution in [0.25, 0.3) is 0 Å². The highest BCUT2D eigenvalue weighted by atomic mass is 16.5. The van der Waals surface area contributed by atoms with Gasteiger partial charge in [-0.25, -0.2) is 9.78 Å². The van der Waals surface area contributed by atoms with Crippen LogP contribution >= 0.6 is 0 Å². The molecular weight excluding hydrogens is 428 g/mol. The Bertz CT molecular complexity index is 1280. The minimum atomic E-state index is -1.03. The van der Waals surface area contributed by atoms with Gasteiger partial charge in [-0.1, -0.05) is 69.3 Å². The molecule has 0 saturated heterocycles. The summed E-state index contributed by atoms with van der Waals surface area (Å²) in [4.78, 5) is 16.2. The van der Waals surface area contributed by atoms with Crippen LogP contribution < -0.4 is 10.1 Å². The number of carbonyl (C=O) groups is 1. The zero-order valence-corrected chi connectivity index (χ0v) is 19.5. The lowest BCUT2D eigenvalue weighted by atomic mass is 9.86. The van der Waals surface area contributed by atoms with Crippen LogP contribution in [-0.4, -0.2) is 25.8 Å². The lowest BCUT2D eigenvalue weighted by Gasteiger charge is -2.22.